The van der Waals surface area contributed by atoms with E-state index in [9.17, 15) is 8.78 Å². The molecule has 2 aromatic carbocycles. The van der Waals surface area contributed by atoms with Crippen LogP contribution in [0.3, 0.4) is 0 Å². The SMILES string of the molecule is Fc1ccc(CN2CCCN(Cc3ccc(F)c4cccnc34)CC2)c2ncccc12. The quantitative estimate of drug-likeness (QED) is 0.478. The van der Waals surface area contributed by atoms with E-state index < -0.39 is 0 Å². The van der Waals surface area contributed by atoms with E-state index in [2.05, 4.69) is 19.8 Å². The van der Waals surface area contributed by atoms with E-state index >= 15 is 0 Å². The first-order chi connectivity index (χ1) is 15.2. The van der Waals surface area contributed by atoms with Crippen molar-refractivity contribution in [2.45, 2.75) is 19.5 Å². The number of nitrogens with zero attached hydrogens (tertiary/aromatic N) is 4. The maximum Gasteiger partial charge on any atom is 0.132 e. The molecule has 0 atom stereocenters. The van der Waals surface area contributed by atoms with Crippen LogP contribution in [0.2, 0.25) is 0 Å². The van der Waals surface area contributed by atoms with Gasteiger partial charge < -0.3 is 0 Å². The van der Waals surface area contributed by atoms with Crippen molar-refractivity contribution >= 4 is 21.8 Å². The van der Waals surface area contributed by atoms with Crippen molar-refractivity contribution in [1.82, 2.24) is 19.8 Å². The molecule has 4 nitrogen and oxygen atoms in total. The third-order valence-corrected chi connectivity index (χ3v) is 6.07. The van der Waals surface area contributed by atoms with Gasteiger partial charge in [0.15, 0.2) is 0 Å². The van der Waals surface area contributed by atoms with Crippen LogP contribution >= 0.6 is 0 Å². The summed E-state index contributed by atoms with van der Waals surface area (Å²) in [6.45, 7) is 5.29. The Bertz CT molecular complexity index is 1130. The van der Waals surface area contributed by atoms with Crippen molar-refractivity contribution in [3.63, 3.8) is 0 Å². The summed E-state index contributed by atoms with van der Waals surface area (Å²) >= 11 is 0. The van der Waals surface area contributed by atoms with Gasteiger partial charge in [-0.25, -0.2) is 8.78 Å². The summed E-state index contributed by atoms with van der Waals surface area (Å²) in [5.74, 6) is -0.456. The van der Waals surface area contributed by atoms with Crippen LogP contribution in [0.25, 0.3) is 21.8 Å². The first-order valence-electron chi connectivity index (χ1n) is 10.7. The van der Waals surface area contributed by atoms with Crippen LogP contribution in [0.5, 0.6) is 0 Å². The summed E-state index contributed by atoms with van der Waals surface area (Å²) in [6, 6.07) is 13.9. The minimum Gasteiger partial charge on any atom is -0.298 e. The van der Waals surface area contributed by atoms with Crippen molar-refractivity contribution in [2.75, 3.05) is 26.2 Å². The fourth-order valence-corrected chi connectivity index (χ4v) is 4.47. The Morgan fingerprint density at radius 2 is 1.13 bits per heavy atom. The Balaban J connectivity index is 1.30. The molecule has 31 heavy (non-hydrogen) atoms. The first-order valence-corrected chi connectivity index (χ1v) is 10.7. The normalized spacial score (nSPS) is 16.1. The number of fused-ring (bicyclic) bond motifs is 2. The largest absolute Gasteiger partial charge is 0.298 e. The molecular formula is C25H24F2N4. The number of hydrogen-bond donors (Lipinski definition) is 0. The van der Waals surface area contributed by atoms with Gasteiger partial charge in [-0.05, 0) is 67.0 Å². The zero-order valence-corrected chi connectivity index (χ0v) is 17.3. The number of benzene rings is 2. The summed E-state index contributed by atoms with van der Waals surface area (Å²) in [6.07, 6.45) is 4.48. The number of halogens is 2. The van der Waals surface area contributed by atoms with Gasteiger partial charge in [-0.2, -0.15) is 0 Å². The molecule has 2 aromatic heterocycles. The van der Waals surface area contributed by atoms with Gasteiger partial charge >= 0.3 is 0 Å². The molecule has 0 radical (unpaired) electrons. The average molecular weight is 418 g/mol. The van der Waals surface area contributed by atoms with Gasteiger partial charge in [0.2, 0.25) is 0 Å². The van der Waals surface area contributed by atoms with Gasteiger partial charge in [-0.1, -0.05) is 12.1 Å². The van der Waals surface area contributed by atoms with Gasteiger partial charge in [-0.15, -0.1) is 0 Å². The molecule has 0 N–H and O–H groups in total. The van der Waals surface area contributed by atoms with Crippen molar-refractivity contribution in [3.8, 4) is 0 Å². The Kier molecular flexibility index (Phi) is 5.57. The lowest BCUT2D eigenvalue weighted by Gasteiger charge is -2.22. The van der Waals surface area contributed by atoms with Crippen molar-refractivity contribution in [3.05, 3.63) is 83.7 Å². The van der Waals surface area contributed by atoms with E-state index in [-0.39, 0.29) is 11.6 Å². The Labute approximate surface area is 180 Å². The van der Waals surface area contributed by atoms with E-state index in [4.69, 9.17) is 0 Å². The second kappa shape index (κ2) is 8.65. The molecule has 158 valence electrons. The van der Waals surface area contributed by atoms with Gasteiger partial charge in [-0.3, -0.25) is 19.8 Å². The zero-order valence-electron chi connectivity index (χ0n) is 17.3. The van der Waals surface area contributed by atoms with Gasteiger partial charge in [0.05, 0.1) is 11.0 Å². The lowest BCUT2D eigenvalue weighted by atomic mass is 10.1. The summed E-state index contributed by atoms with van der Waals surface area (Å²) in [5, 5.41) is 1.15. The molecule has 0 spiro atoms. The molecule has 5 rings (SSSR count). The molecule has 4 aromatic rings. The minimum atomic E-state index is -0.228. The molecule has 0 saturated carbocycles. The second-order valence-corrected chi connectivity index (χ2v) is 8.12. The maximum atomic E-state index is 14.1. The summed E-state index contributed by atoms with van der Waals surface area (Å²) in [7, 11) is 0. The van der Waals surface area contributed by atoms with Crippen LogP contribution < -0.4 is 0 Å². The summed E-state index contributed by atoms with van der Waals surface area (Å²) in [5.41, 5.74) is 3.60. The van der Waals surface area contributed by atoms with Crippen molar-refractivity contribution in [1.29, 1.82) is 0 Å². The Hall–Kier alpha value is -2.96. The molecule has 1 saturated heterocycles. The second-order valence-electron chi connectivity index (χ2n) is 8.12. The topological polar surface area (TPSA) is 32.3 Å². The fourth-order valence-electron chi connectivity index (χ4n) is 4.47. The third kappa shape index (κ3) is 4.13. The smallest absolute Gasteiger partial charge is 0.132 e. The number of rotatable bonds is 4. The summed E-state index contributed by atoms with van der Waals surface area (Å²) < 4.78 is 28.2. The van der Waals surface area contributed by atoms with E-state index in [1.54, 1.807) is 36.7 Å². The first kappa shape index (κ1) is 20.0. The molecule has 0 aliphatic carbocycles. The predicted octanol–water partition coefficient (Wildman–Crippen LogP) is 4.77. The lowest BCUT2D eigenvalue weighted by molar-refractivity contribution is 0.248. The molecular weight excluding hydrogens is 394 g/mol. The van der Waals surface area contributed by atoms with E-state index in [1.807, 2.05) is 12.1 Å². The van der Waals surface area contributed by atoms with Crippen LogP contribution in [-0.2, 0) is 13.1 Å². The van der Waals surface area contributed by atoms with Crippen molar-refractivity contribution < 1.29 is 8.78 Å². The molecule has 1 fully saturated rings. The highest BCUT2D eigenvalue weighted by Crippen LogP contribution is 2.23. The maximum absolute atomic E-state index is 14.1. The fraction of sp³-hybridized carbons (Fsp3) is 0.280. The minimum absolute atomic E-state index is 0.228. The van der Waals surface area contributed by atoms with Crippen molar-refractivity contribution in [2.24, 2.45) is 0 Å². The molecule has 6 heteroatoms. The Morgan fingerprint density at radius 3 is 1.61 bits per heavy atom. The molecule has 0 bridgehead atoms. The molecule has 1 aliphatic heterocycles. The Morgan fingerprint density at radius 1 is 0.645 bits per heavy atom. The molecule has 0 amide bonds. The van der Waals surface area contributed by atoms with E-state index in [0.717, 1.165) is 67.8 Å². The molecule has 0 unspecified atom stereocenters. The number of aromatic nitrogens is 2. The van der Waals surface area contributed by atoms with Gasteiger partial charge in [0.25, 0.3) is 0 Å². The lowest BCUT2D eigenvalue weighted by Crippen LogP contribution is -2.30. The van der Waals surface area contributed by atoms with Crippen LogP contribution in [0, 0.1) is 11.6 Å². The highest BCUT2D eigenvalue weighted by molar-refractivity contribution is 5.83. The van der Waals surface area contributed by atoms with Gasteiger partial charge in [0.1, 0.15) is 11.6 Å². The molecule has 3 heterocycles. The third-order valence-electron chi connectivity index (χ3n) is 6.07. The zero-order chi connectivity index (χ0) is 21.2. The van der Waals surface area contributed by atoms with Crippen LogP contribution in [-0.4, -0.2) is 45.9 Å². The highest BCUT2D eigenvalue weighted by Gasteiger charge is 2.18. The number of hydrogen-bond acceptors (Lipinski definition) is 4. The van der Waals surface area contributed by atoms with Crippen LogP contribution in [0.1, 0.15) is 17.5 Å². The van der Waals surface area contributed by atoms with Crippen LogP contribution in [0.15, 0.2) is 60.9 Å². The predicted molar refractivity (Wildman–Crippen MR) is 119 cm³/mol. The molecule has 1 aliphatic rings. The standard InChI is InChI=1S/C25H24F2N4/c26-22-8-6-18(24-20(22)4-1-10-28-24)16-30-12-3-13-31(15-14-30)17-19-7-9-23(27)21-5-2-11-29-25(19)21/h1-2,4-11H,3,12-17H2. The van der Waals surface area contributed by atoms with E-state index in [1.165, 1.54) is 12.1 Å². The monoisotopic (exact) mass is 418 g/mol. The average Bonchev–Trinajstić information content (AvgIpc) is 3.03. The highest BCUT2D eigenvalue weighted by atomic mass is 19.1. The van der Waals surface area contributed by atoms with Gasteiger partial charge in [0, 0.05) is 49.3 Å². The van der Waals surface area contributed by atoms with Crippen LogP contribution in [0.4, 0.5) is 8.78 Å². The van der Waals surface area contributed by atoms with E-state index in [0.29, 0.717) is 10.8 Å². The summed E-state index contributed by atoms with van der Waals surface area (Å²) in [4.78, 5) is 13.7. The number of pyridine rings is 2.